The number of rotatable bonds is 3. The highest BCUT2D eigenvalue weighted by molar-refractivity contribution is 7.00. The van der Waals surface area contributed by atoms with E-state index in [1.807, 2.05) is 0 Å². The van der Waals surface area contributed by atoms with Crippen LogP contribution in [0, 0.1) is 0 Å². The van der Waals surface area contributed by atoms with E-state index in [-0.39, 0.29) is 28.4 Å². The van der Waals surface area contributed by atoms with E-state index in [9.17, 15) is 0 Å². The number of hydrogen-bond donors (Lipinski definition) is 0. The first-order valence-corrected chi connectivity index (χ1v) is 24.0. The van der Waals surface area contributed by atoms with Crippen LogP contribution < -0.4 is 16.4 Å². The van der Waals surface area contributed by atoms with Crippen LogP contribution in [0.3, 0.4) is 0 Å². The van der Waals surface area contributed by atoms with Crippen molar-refractivity contribution in [1.82, 2.24) is 24.1 Å². The van der Waals surface area contributed by atoms with Crippen LogP contribution in [0.5, 0.6) is 0 Å². The van der Waals surface area contributed by atoms with E-state index in [1.54, 1.807) is 12.7 Å². The average molecular weight is 872 g/mol. The first-order chi connectivity index (χ1) is 31.8. The highest BCUT2D eigenvalue weighted by Crippen LogP contribution is 2.48. The molecule has 0 saturated carbocycles. The predicted molar refractivity (Wildman–Crippen MR) is 284 cm³/mol. The number of benzene rings is 7. The predicted octanol–water partition coefficient (Wildman–Crippen LogP) is 13.4. The van der Waals surface area contributed by atoms with E-state index in [0.717, 1.165) is 5.56 Å². The van der Waals surface area contributed by atoms with Gasteiger partial charge in [-0.25, -0.2) is 15.0 Å². The van der Waals surface area contributed by atoms with E-state index in [2.05, 4.69) is 219 Å². The van der Waals surface area contributed by atoms with Crippen LogP contribution in [0.25, 0.3) is 88.6 Å². The first kappa shape index (κ1) is 41.6. The summed E-state index contributed by atoms with van der Waals surface area (Å²) < 4.78 is 5.27. The third-order valence-corrected chi connectivity index (χ3v) is 14.8. The lowest BCUT2D eigenvalue weighted by Crippen LogP contribution is -2.59. The van der Waals surface area contributed by atoms with Crippen LogP contribution in [0.4, 0.5) is 0 Å². The first-order valence-electron chi connectivity index (χ1n) is 24.0. The summed E-state index contributed by atoms with van der Waals surface area (Å²) in [6, 6.07) is 46.8. The molecule has 6 heteroatoms. The fraction of sp³-hybridized carbons (Fsp3) is 0.262. The Hall–Kier alpha value is -6.79. The summed E-state index contributed by atoms with van der Waals surface area (Å²) in [5, 5.41) is 5.23. The highest BCUT2D eigenvalue weighted by atomic mass is 15.0. The average Bonchev–Trinajstić information content (AvgIpc) is 3.81. The standard InChI is InChI=1S/C61H58BN5/c1-58(2,3)40-29-44(60(7,8)9)52-42-23-37(35-19-15-13-16-20-35)25-46-55(42)66(48(52)31-40)50-27-39(57-64-33-63-34-65-57)28-51-54(50)62(46)47-26-38(36-21-17-14-18-22-36)24-43-53-45(61(10,11)12)30-41(59(4,5)6)32-49(53)67(51)56(43)47/h13-34H,1-12H3. The van der Waals surface area contributed by atoms with Gasteiger partial charge in [-0.05, 0) is 119 Å². The van der Waals surface area contributed by atoms with Gasteiger partial charge >= 0.3 is 0 Å². The lowest BCUT2D eigenvalue weighted by atomic mass is 9.34. The molecule has 0 N–H and O–H groups in total. The van der Waals surface area contributed by atoms with Crippen molar-refractivity contribution >= 4 is 66.7 Å². The Balaban J connectivity index is 1.36. The van der Waals surface area contributed by atoms with Gasteiger partial charge in [0.1, 0.15) is 12.7 Å². The molecule has 0 radical (unpaired) electrons. The van der Waals surface area contributed by atoms with Crippen molar-refractivity contribution in [3.63, 3.8) is 0 Å². The molecule has 330 valence electrons. The molecule has 2 aliphatic heterocycles. The minimum atomic E-state index is -0.132. The zero-order chi connectivity index (χ0) is 46.7. The largest absolute Gasteiger partial charge is 0.310 e. The zero-order valence-electron chi connectivity index (χ0n) is 41.0. The fourth-order valence-electron chi connectivity index (χ4n) is 11.5. The van der Waals surface area contributed by atoms with E-state index in [1.165, 1.54) is 116 Å². The third-order valence-electron chi connectivity index (χ3n) is 14.8. The van der Waals surface area contributed by atoms with E-state index in [0.29, 0.717) is 5.82 Å². The van der Waals surface area contributed by atoms with Gasteiger partial charge in [0.2, 0.25) is 0 Å². The summed E-state index contributed by atoms with van der Waals surface area (Å²) in [5.74, 6) is 0.665. The molecule has 10 aromatic rings. The fourth-order valence-corrected chi connectivity index (χ4v) is 11.5. The van der Waals surface area contributed by atoms with Gasteiger partial charge in [-0.2, -0.15) is 0 Å². The second kappa shape index (κ2) is 13.9. The lowest BCUT2D eigenvalue weighted by Gasteiger charge is -2.35. The maximum absolute atomic E-state index is 4.83. The Morgan fingerprint density at radius 1 is 0.418 bits per heavy atom. The number of fused-ring (bicyclic) bond motifs is 10. The monoisotopic (exact) mass is 871 g/mol. The van der Waals surface area contributed by atoms with Crippen LogP contribution in [-0.4, -0.2) is 30.8 Å². The summed E-state index contributed by atoms with van der Waals surface area (Å²) in [6.07, 6.45) is 3.25. The van der Waals surface area contributed by atoms with Crippen molar-refractivity contribution in [1.29, 1.82) is 0 Å². The molecule has 0 fully saturated rings. The maximum Gasteiger partial charge on any atom is 0.252 e. The Labute approximate surface area is 395 Å². The van der Waals surface area contributed by atoms with Crippen molar-refractivity contribution in [2.24, 2.45) is 0 Å². The molecule has 0 bridgehead atoms. The second-order valence-corrected chi connectivity index (χ2v) is 23.5. The Bertz CT molecular complexity index is 3480. The molecule has 0 spiro atoms. The summed E-state index contributed by atoms with van der Waals surface area (Å²) in [7, 11) is 0. The van der Waals surface area contributed by atoms with Crippen molar-refractivity contribution in [2.75, 3.05) is 0 Å². The van der Waals surface area contributed by atoms with Gasteiger partial charge in [0.05, 0.1) is 11.0 Å². The Morgan fingerprint density at radius 2 is 0.836 bits per heavy atom. The maximum atomic E-state index is 4.83. The molecule has 5 nitrogen and oxygen atoms in total. The minimum absolute atomic E-state index is 0.0791. The van der Waals surface area contributed by atoms with Gasteiger partial charge in [-0.3, -0.25) is 0 Å². The molecule has 3 aromatic heterocycles. The molecule has 0 saturated heterocycles. The van der Waals surface area contributed by atoms with E-state index in [4.69, 9.17) is 9.97 Å². The van der Waals surface area contributed by atoms with Crippen LogP contribution in [0.2, 0.25) is 0 Å². The number of aromatic nitrogens is 5. The van der Waals surface area contributed by atoms with E-state index >= 15 is 0 Å². The van der Waals surface area contributed by atoms with Gasteiger partial charge in [-0.15, -0.1) is 0 Å². The topological polar surface area (TPSA) is 48.5 Å². The van der Waals surface area contributed by atoms with Crippen molar-refractivity contribution in [3.05, 3.63) is 156 Å². The summed E-state index contributed by atoms with van der Waals surface area (Å²) in [5.41, 5.74) is 22.2. The SMILES string of the molecule is CC(C)(C)c1cc(C(C)(C)C)c2c3cc(-c4ccccc4)cc4c3n(c2c1)-c1cc(-c2ncncn2)cc2c1B4c1cc(-c3ccccc3)cc3c4c(C(C)(C)C)cc(C(C)(C)C)cc4n-2c13. The molecule has 67 heavy (non-hydrogen) atoms. The molecule has 5 heterocycles. The van der Waals surface area contributed by atoms with Crippen LogP contribution in [0.15, 0.2) is 134 Å². The smallest absolute Gasteiger partial charge is 0.252 e. The van der Waals surface area contributed by atoms with Crippen molar-refractivity contribution < 1.29 is 0 Å². The second-order valence-electron chi connectivity index (χ2n) is 23.5. The molecule has 2 aliphatic rings. The van der Waals surface area contributed by atoms with Gasteiger partial charge in [0.15, 0.2) is 5.82 Å². The molecule has 12 rings (SSSR count). The van der Waals surface area contributed by atoms with Gasteiger partial charge < -0.3 is 9.13 Å². The Kier molecular flexibility index (Phi) is 8.63. The number of nitrogens with zero attached hydrogens (tertiary/aromatic N) is 5. The molecule has 0 unspecified atom stereocenters. The molecular weight excluding hydrogens is 814 g/mol. The number of hydrogen-bond acceptors (Lipinski definition) is 3. The van der Waals surface area contributed by atoms with Crippen LogP contribution >= 0.6 is 0 Å². The molecule has 0 amide bonds. The van der Waals surface area contributed by atoms with Gasteiger partial charge in [0.25, 0.3) is 6.71 Å². The van der Waals surface area contributed by atoms with Gasteiger partial charge in [-0.1, -0.05) is 168 Å². The normalized spacial score (nSPS) is 13.6. The van der Waals surface area contributed by atoms with E-state index < -0.39 is 0 Å². The highest BCUT2D eigenvalue weighted by Gasteiger charge is 2.43. The lowest BCUT2D eigenvalue weighted by molar-refractivity contribution is 0.572. The molecule has 0 aliphatic carbocycles. The molecule has 7 aromatic carbocycles. The van der Waals surface area contributed by atoms with Crippen LogP contribution in [-0.2, 0) is 21.7 Å². The van der Waals surface area contributed by atoms with Crippen LogP contribution in [0.1, 0.15) is 105 Å². The van der Waals surface area contributed by atoms with Crippen molar-refractivity contribution in [2.45, 2.75) is 105 Å². The summed E-state index contributed by atoms with van der Waals surface area (Å²) in [4.78, 5) is 13.9. The third kappa shape index (κ3) is 6.17. The zero-order valence-corrected chi connectivity index (χ0v) is 41.0. The summed E-state index contributed by atoms with van der Waals surface area (Å²) >= 11 is 0. The summed E-state index contributed by atoms with van der Waals surface area (Å²) in [6.45, 7) is 28.3. The molecular formula is C61H58BN5. The Morgan fingerprint density at radius 3 is 1.22 bits per heavy atom. The minimum Gasteiger partial charge on any atom is -0.310 e. The quantitative estimate of drug-likeness (QED) is 0.166. The van der Waals surface area contributed by atoms with Gasteiger partial charge in [0, 0.05) is 49.5 Å². The molecule has 0 atom stereocenters. The van der Waals surface area contributed by atoms with Crippen molar-refractivity contribution in [3.8, 4) is 45.0 Å².